The van der Waals surface area contributed by atoms with Crippen LogP contribution in [0.2, 0.25) is 0 Å². The fourth-order valence-electron chi connectivity index (χ4n) is 3.24. The van der Waals surface area contributed by atoms with Crippen LogP contribution in [0.4, 0.5) is 5.69 Å². The van der Waals surface area contributed by atoms with Crippen LogP contribution in [0.5, 0.6) is 0 Å². The van der Waals surface area contributed by atoms with Gasteiger partial charge in [-0.15, -0.1) is 0 Å². The van der Waals surface area contributed by atoms with Gasteiger partial charge in [-0.05, 0) is 22.8 Å². The molecule has 0 saturated carbocycles. The van der Waals surface area contributed by atoms with E-state index in [1.807, 2.05) is 12.1 Å². The van der Waals surface area contributed by atoms with Crippen molar-refractivity contribution in [2.75, 3.05) is 0 Å². The Hall–Kier alpha value is -1.68. The van der Waals surface area contributed by atoms with Crippen molar-refractivity contribution < 1.29 is 4.92 Å². The summed E-state index contributed by atoms with van der Waals surface area (Å²) in [5.41, 5.74) is 4.25. The molecular formula is C16H14BrNO2. The second kappa shape index (κ2) is 4.42. The van der Waals surface area contributed by atoms with E-state index in [2.05, 4.69) is 41.9 Å². The normalized spacial score (nSPS) is 15.3. The molecule has 102 valence electrons. The first-order chi connectivity index (χ1) is 9.43. The van der Waals surface area contributed by atoms with Crippen molar-refractivity contribution >= 4 is 21.6 Å². The molecule has 0 aliphatic heterocycles. The maximum atomic E-state index is 11.3. The van der Waals surface area contributed by atoms with E-state index in [4.69, 9.17) is 0 Å². The van der Waals surface area contributed by atoms with Gasteiger partial charge in [0.05, 0.1) is 4.92 Å². The molecule has 20 heavy (non-hydrogen) atoms. The van der Waals surface area contributed by atoms with Gasteiger partial charge < -0.3 is 0 Å². The van der Waals surface area contributed by atoms with Crippen LogP contribution in [0.3, 0.4) is 0 Å². The molecule has 0 spiro atoms. The molecule has 3 rings (SSSR count). The fraction of sp³-hybridized carbons (Fsp3) is 0.250. The van der Waals surface area contributed by atoms with E-state index in [-0.39, 0.29) is 16.0 Å². The molecule has 1 aliphatic carbocycles. The molecule has 0 unspecified atom stereocenters. The third kappa shape index (κ3) is 1.79. The van der Waals surface area contributed by atoms with Crippen molar-refractivity contribution in [3.8, 4) is 0 Å². The minimum atomic E-state index is -0.282. The van der Waals surface area contributed by atoms with Crippen LogP contribution in [0.1, 0.15) is 36.1 Å². The lowest BCUT2D eigenvalue weighted by molar-refractivity contribution is -0.385. The van der Waals surface area contributed by atoms with Crippen LogP contribution in [0, 0.1) is 10.1 Å². The number of hydrogen-bond acceptors (Lipinski definition) is 2. The van der Waals surface area contributed by atoms with Gasteiger partial charge in [0.15, 0.2) is 0 Å². The minimum Gasteiger partial charge on any atom is -0.258 e. The van der Waals surface area contributed by atoms with E-state index in [0.29, 0.717) is 6.42 Å². The molecule has 3 nitrogen and oxygen atoms in total. The number of halogens is 1. The molecule has 0 atom stereocenters. The lowest BCUT2D eigenvalue weighted by Gasteiger charge is -2.35. The SMILES string of the molecule is CC1(C)c2ccccc2Cc2c([N+](=O)[O-])ccc(Br)c21. The molecule has 0 N–H and O–H groups in total. The molecule has 0 saturated heterocycles. The number of rotatable bonds is 1. The van der Waals surface area contributed by atoms with Crippen molar-refractivity contribution in [1.29, 1.82) is 0 Å². The first-order valence-electron chi connectivity index (χ1n) is 6.47. The standard InChI is InChI=1S/C16H14BrNO2/c1-16(2)12-6-4-3-5-10(12)9-11-14(18(19)20)8-7-13(17)15(11)16/h3-8H,9H2,1-2H3. The van der Waals surface area contributed by atoms with Crippen molar-refractivity contribution in [2.45, 2.75) is 25.7 Å². The Morgan fingerprint density at radius 1 is 1.20 bits per heavy atom. The zero-order valence-corrected chi connectivity index (χ0v) is 12.9. The first-order valence-corrected chi connectivity index (χ1v) is 7.27. The second-order valence-corrected chi connectivity index (χ2v) is 6.49. The molecule has 0 radical (unpaired) electrons. The highest BCUT2D eigenvalue weighted by Gasteiger charge is 2.37. The first kappa shape index (κ1) is 13.3. The predicted octanol–water partition coefficient (Wildman–Crippen LogP) is 4.59. The third-order valence-electron chi connectivity index (χ3n) is 4.12. The Kier molecular flexibility index (Phi) is 2.94. The number of benzene rings is 2. The summed E-state index contributed by atoms with van der Waals surface area (Å²) in [5, 5.41) is 11.3. The van der Waals surface area contributed by atoms with Crippen molar-refractivity contribution in [1.82, 2.24) is 0 Å². The average Bonchev–Trinajstić information content (AvgIpc) is 2.38. The van der Waals surface area contributed by atoms with Crippen molar-refractivity contribution in [2.24, 2.45) is 0 Å². The van der Waals surface area contributed by atoms with Crippen molar-refractivity contribution in [3.63, 3.8) is 0 Å². The molecular weight excluding hydrogens is 318 g/mol. The van der Waals surface area contributed by atoms with Gasteiger partial charge in [-0.2, -0.15) is 0 Å². The van der Waals surface area contributed by atoms with Gasteiger partial charge in [-0.1, -0.05) is 54.0 Å². The van der Waals surface area contributed by atoms with Crippen LogP contribution >= 0.6 is 15.9 Å². The van der Waals surface area contributed by atoms with E-state index < -0.39 is 0 Å². The molecule has 0 aromatic heterocycles. The van der Waals surface area contributed by atoms with Gasteiger partial charge >= 0.3 is 0 Å². The number of hydrogen-bond donors (Lipinski definition) is 0. The Morgan fingerprint density at radius 3 is 2.60 bits per heavy atom. The summed E-state index contributed by atoms with van der Waals surface area (Å²) in [6.07, 6.45) is 0.616. The second-order valence-electron chi connectivity index (χ2n) is 5.64. The highest BCUT2D eigenvalue weighted by molar-refractivity contribution is 9.10. The van der Waals surface area contributed by atoms with Crippen LogP contribution in [-0.4, -0.2) is 4.92 Å². The highest BCUT2D eigenvalue weighted by Crippen LogP contribution is 2.47. The monoisotopic (exact) mass is 331 g/mol. The number of nitrogens with zero attached hydrogens (tertiary/aromatic N) is 1. The average molecular weight is 332 g/mol. The maximum Gasteiger partial charge on any atom is 0.273 e. The van der Waals surface area contributed by atoms with Gasteiger partial charge in [0, 0.05) is 27.9 Å². The van der Waals surface area contributed by atoms with Gasteiger partial charge in [-0.3, -0.25) is 10.1 Å². The Balaban J connectivity index is 2.35. The zero-order valence-electron chi connectivity index (χ0n) is 11.3. The molecule has 2 aromatic rings. The molecule has 1 aliphatic rings. The smallest absolute Gasteiger partial charge is 0.258 e. The Labute approximate surface area is 125 Å². The number of nitro groups is 1. The molecule has 0 fully saturated rings. The highest BCUT2D eigenvalue weighted by atomic mass is 79.9. The topological polar surface area (TPSA) is 43.1 Å². The van der Waals surface area contributed by atoms with E-state index >= 15 is 0 Å². The van der Waals surface area contributed by atoms with E-state index in [1.54, 1.807) is 12.1 Å². The van der Waals surface area contributed by atoms with Crippen LogP contribution in [0.15, 0.2) is 40.9 Å². The largest absolute Gasteiger partial charge is 0.273 e. The van der Waals surface area contributed by atoms with Gasteiger partial charge in [0.1, 0.15) is 0 Å². The molecule has 0 heterocycles. The fourth-order valence-corrected chi connectivity index (χ4v) is 4.11. The molecule has 0 bridgehead atoms. The molecule has 0 amide bonds. The summed E-state index contributed by atoms with van der Waals surface area (Å²) in [6.45, 7) is 4.25. The summed E-state index contributed by atoms with van der Waals surface area (Å²) < 4.78 is 0.942. The summed E-state index contributed by atoms with van der Waals surface area (Å²) in [7, 11) is 0. The van der Waals surface area contributed by atoms with Crippen molar-refractivity contribution in [3.05, 3.63) is 73.2 Å². The summed E-state index contributed by atoms with van der Waals surface area (Å²) in [5.74, 6) is 0. The van der Waals surface area contributed by atoms with Crippen LogP contribution in [0.25, 0.3) is 0 Å². The maximum absolute atomic E-state index is 11.3. The third-order valence-corrected chi connectivity index (χ3v) is 4.78. The lowest BCUT2D eigenvalue weighted by Crippen LogP contribution is -2.28. The Morgan fingerprint density at radius 2 is 1.90 bits per heavy atom. The number of nitro benzene ring substituents is 1. The van der Waals surface area contributed by atoms with E-state index in [0.717, 1.165) is 15.6 Å². The molecule has 2 aromatic carbocycles. The summed E-state index contributed by atoms with van der Waals surface area (Å²) in [4.78, 5) is 11.0. The quantitative estimate of drug-likeness (QED) is 0.566. The number of fused-ring (bicyclic) bond motifs is 2. The lowest BCUT2D eigenvalue weighted by atomic mass is 9.68. The minimum absolute atomic E-state index is 0.214. The zero-order chi connectivity index (χ0) is 14.5. The van der Waals surface area contributed by atoms with Gasteiger partial charge in [0.2, 0.25) is 0 Å². The van der Waals surface area contributed by atoms with Gasteiger partial charge in [-0.25, -0.2) is 0 Å². The Bertz CT molecular complexity index is 722. The predicted molar refractivity (Wildman–Crippen MR) is 82.2 cm³/mol. The van der Waals surface area contributed by atoms with Gasteiger partial charge in [0.25, 0.3) is 5.69 Å². The van der Waals surface area contributed by atoms with Crippen LogP contribution < -0.4 is 0 Å². The van der Waals surface area contributed by atoms with E-state index in [9.17, 15) is 10.1 Å². The summed E-state index contributed by atoms with van der Waals surface area (Å²) in [6, 6.07) is 11.6. The van der Waals surface area contributed by atoms with E-state index in [1.165, 1.54) is 11.1 Å². The summed E-state index contributed by atoms with van der Waals surface area (Å²) >= 11 is 3.57. The molecule has 4 heteroatoms. The van der Waals surface area contributed by atoms with Crippen LogP contribution in [-0.2, 0) is 11.8 Å².